The van der Waals surface area contributed by atoms with Gasteiger partial charge in [0.05, 0.1) is 0 Å². The van der Waals surface area contributed by atoms with Gasteiger partial charge in [-0.05, 0) is 23.6 Å². The number of ether oxygens (including phenoxy) is 1. The monoisotopic (exact) mass is 237 g/mol. The number of benzene rings is 1. The van der Waals surface area contributed by atoms with Gasteiger partial charge >= 0.3 is 5.97 Å². The molecule has 3 heteroatoms. The summed E-state index contributed by atoms with van der Waals surface area (Å²) in [6.45, 7) is 0.233. The van der Waals surface area contributed by atoms with Crippen LogP contribution in [0.2, 0.25) is 0 Å². The molecule has 2 aromatic rings. The van der Waals surface area contributed by atoms with Crippen LogP contribution in [-0.2, 0) is 16.1 Å². The Balaban J connectivity index is 1.89. The summed E-state index contributed by atoms with van der Waals surface area (Å²) in [6, 6.07) is 14.8. The van der Waals surface area contributed by atoms with E-state index in [0.717, 1.165) is 5.56 Å². The molecular formula is C15H11NO2. The molecule has 1 aromatic carbocycles. The van der Waals surface area contributed by atoms with Crippen LogP contribution in [0, 0.1) is 11.8 Å². The van der Waals surface area contributed by atoms with E-state index < -0.39 is 5.97 Å². The van der Waals surface area contributed by atoms with Gasteiger partial charge in [-0.1, -0.05) is 36.4 Å². The molecule has 0 N–H and O–H groups in total. The second-order valence-electron chi connectivity index (χ2n) is 3.53. The molecule has 3 nitrogen and oxygen atoms in total. The average molecular weight is 237 g/mol. The van der Waals surface area contributed by atoms with Gasteiger partial charge < -0.3 is 4.74 Å². The number of aromatic nitrogens is 1. The molecule has 18 heavy (non-hydrogen) atoms. The predicted molar refractivity (Wildman–Crippen MR) is 67.4 cm³/mol. The number of nitrogens with zero attached hydrogens (tertiary/aromatic N) is 1. The highest BCUT2D eigenvalue weighted by atomic mass is 16.5. The number of rotatable bonds is 2. The molecule has 0 fully saturated rings. The quantitative estimate of drug-likeness (QED) is 0.593. The molecule has 0 radical (unpaired) electrons. The zero-order valence-corrected chi connectivity index (χ0v) is 9.67. The molecule has 1 heterocycles. The lowest BCUT2D eigenvalue weighted by molar-refractivity contribution is -0.137. The molecule has 0 bridgehead atoms. The molecule has 2 rings (SSSR count). The maximum atomic E-state index is 11.4. The molecule has 0 atom stereocenters. The summed E-state index contributed by atoms with van der Waals surface area (Å²) in [7, 11) is 0. The summed E-state index contributed by atoms with van der Waals surface area (Å²) in [4.78, 5) is 15.4. The predicted octanol–water partition coefficient (Wildman–Crippen LogP) is 2.18. The fourth-order valence-electron chi connectivity index (χ4n) is 1.31. The summed E-state index contributed by atoms with van der Waals surface area (Å²) in [6.07, 6.45) is 1.62. The molecule has 0 aliphatic rings. The van der Waals surface area contributed by atoms with Crippen LogP contribution in [-0.4, -0.2) is 11.0 Å². The first kappa shape index (κ1) is 11.9. The summed E-state index contributed by atoms with van der Waals surface area (Å²) >= 11 is 0. The van der Waals surface area contributed by atoms with E-state index in [1.807, 2.05) is 36.4 Å². The lowest BCUT2D eigenvalue weighted by Gasteiger charge is -1.99. The molecular weight excluding hydrogens is 226 g/mol. The molecule has 88 valence electrons. The molecule has 0 aliphatic carbocycles. The molecule has 0 spiro atoms. The van der Waals surface area contributed by atoms with Gasteiger partial charge in [0, 0.05) is 12.1 Å². The smallest absolute Gasteiger partial charge is 0.385 e. The maximum absolute atomic E-state index is 11.4. The highest BCUT2D eigenvalue weighted by Gasteiger charge is 1.98. The fraction of sp³-hybridized carbons (Fsp3) is 0.0667. The normalized spacial score (nSPS) is 9.11. The second kappa shape index (κ2) is 6.21. The van der Waals surface area contributed by atoms with E-state index in [-0.39, 0.29) is 6.61 Å². The topological polar surface area (TPSA) is 39.2 Å². The third-order valence-electron chi connectivity index (χ3n) is 2.17. The Morgan fingerprint density at radius 1 is 1.11 bits per heavy atom. The van der Waals surface area contributed by atoms with E-state index in [4.69, 9.17) is 4.74 Å². The SMILES string of the molecule is O=C(C#Cc1ccccn1)OCc1ccccc1. The number of esters is 1. The molecule has 0 saturated heterocycles. The van der Waals surface area contributed by atoms with Gasteiger partial charge in [0.1, 0.15) is 12.3 Å². The van der Waals surface area contributed by atoms with Crippen molar-refractivity contribution in [3.05, 3.63) is 66.0 Å². The standard InChI is InChI=1S/C15H11NO2/c17-15(10-9-14-8-4-5-11-16-14)18-12-13-6-2-1-3-7-13/h1-8,11H,12H2. The van der Waals surface area contributed by atoms with Crippen molar-refractivity contribution < 1.29 is 9.53 Å². The third kappa shape index (κ3) is 3.76. The van der Waals surface area contributed by atoms with Gasteiger partial charge in [-0.2, -0.15) is 0 Å². The third-order valence-corrected chi connectivity index (χ3v) is 2.17. The van der Waals surface area contributed by atoms with Crippen LogP contribution in [0.5, 0.6) is 0 Å². The number of carbonyl (C=O) groups is 1. The van der Waals surface area contributed by atoms with Gasteiger partial charge in [0.2, 0.25) is 0 Å². The first-order chi connectivity index (χ1) is 8.84. The maximum Gasteiger partial charge on any atom is 0.385 e. The summed E-state index contributed by atoms with van der Waals surface area (Å²) in [5.41, 5.74) is 1.49. The van der Waals surface area contributed by atoms with Crippen LogP contribution in [0.3, 0.4) is 0 Å². The summed E-state index contributed by atoms with van der Waals surface area (Å²) in [5, 5.41) is 0. The number of hydrogen-bond acceptors (Lipinski definition) is 3. The molecule has 1 aromatic heterocycles. The zero-order chi connectivity index (χ0) is 12.6. The molecule has 0 aliphatic heterocycles. The number of carbonyl (C=O) groups excluding carboxylic acids is 1. The Kier molecular flexibility index (Phi) is 4.10. The summed E-state index contributed by atoms with van der Waals surface area (Å²) < 4.78 is 5.01. The van der Waals surface area contributed by atoms with E-state index in [2.05, 4.69) is 16.8 Å². The van der Waals surface area contributed by atoms with Crippen LogP contribution in [0.15, 0.2) is 54.7 Å². The number of hydrogen-bond donors (Lipinski definition) is 0. The molecule has 0 saturated carbocycles. The van der Waals surface area contributed by atoms with E-state index in [9.17, 15) is 4.79 Å². The van der Waals surface area contributed by atoms with Crippen LogP contribution in [0.25, 0.3) is 0 Å². The van der Waals surface area contributed by atoms with Gasteiger partial charge in [-0.15, -0.1) is 0 Å². The van der Waals surface area contributed by atoms with E-state index in [0.29, 0.717) is 5.69 Å². The minimum absolute atomic E-state index is 0.233. The average Bonchev–Trinajstić information content (AvgIpc) is 2.45. The second-order valence-corrected chi connectivity index (χ2v) is 3.53. The number of pyridine rings is 1. The van der Waals surface area contributed by atoms with Crippen LogP contribution < -0.4 is 0 Å². The van der Waals surface area contributed by atoms with E-state index in [1.165, 1.54) is 0 Å². The molecule has 0 unspecified atom stereocenters. The fourth-order valence-corrected chi connectivity index (χ4v) is 1.31. The Hall–Kier alpha value is -2.60. The van der Waals surface area contributed by atoms with Crippen LogP contribution >= 0.6 is 0 Å². The molecule has 0 amide bonds. The first-order valence-corrected chi connectivity index (χ1v) is 5.48. The van der Waals surface area contributed by atoms with Crippen LogP contribution in [0.4, 0.5) is 0 Å². The van der Waals surface area contributed by atoms with Crippen molar-refractivity contribution in [2.24, 2.45) is 0 Å². The lowest BCUT2D eigenvalue weighted by Crippen LogP contribution is -2.01. The van der Waals surface area contributed by atoms with Gasteiger partial charge in [0.25, 0.3) is 0 Å². The Morgan fingerprint density at radius 2 is 1.89 bits per heavy atom. The van der Waals surface area contributed by atoms with Crippen molar-refractivity contribution in [2.45, 2.75) is 6.61 Å². The highest BCUT2D eigenvalue weighted by Crippen LogP contribution is 2.00. The minimum atomic E-state index is -0.551. The largest absolute Gasteiger partial charge is 0.451 e. The van der Waals surface area contributed by atoms with Crippen LogP contribution in [0.1, 0.15) is 11.3 Å². The van der Waals surface area contributed by atoms with Crippen molar-refractivity contribution in [1.82, 2.24) is 4.98 Å². The summed E-state index contributed by atoms with van der Waals surface area (Å²) in [5.74, 6) is 4.49. The lowest BCUT2D eigenvalue weighted by atomic mass is 10.2. The van der Waals surface area contributed by atoms with Crippen molar-refractivity contribution >= 4 is 5.97 Å². The highest BCUT2D eigenvalue weighted by molar-refractivity contribution is 5.88. The Labute approximate surface area is 105 Å². The first-order valence-electron chi connectivity index (χ1n) is 5.48. The van der Waals surface area contributed by atoms with Gasteiger partial charge in [-0.3, -0.25) is 0 Å². The van der Waals surface area contributed by atoms with Crippen molar-refractivity contribution in [3.8, 4) is 11.8 Å². The van der Waals surface area contributed by atoms with Crippen molar-refractivity contribution in [3.63, 3.8) is 0 Å². The van der Waals surface area contributed by atoms with Crippen molar-refractivity contribution in [2.75, 3.05) is 0 Å². The van der Waals surface area contributed by atoms with Gasteiger partial charge in [0.15, 0.2) is 0 Å². The van der Waals surface area contributed by atoms with Gasteiger partial charge in [-0.25, -0.2) is 9.78 Å². The van der Waals surface area contributed by atoms with Crippen molar-refractivity contribution in [1.29, 1.82) is 0 Å². The Bertz CT molecular complexity index is 568. The zero-order valence-electron chi connectivity index (χ0n) is 9.67. The Morgan fingerprint density at radius 3 is 2.61 bits per heavy atom. The van der Waals surface area contributed by atoms with E-state index >= 15 is 0 Å². The minimum Gasteiger partial charge on any atom is -0.451 e. The van der Waals surface area contributed by atoms with E-state index in [1.54, 1.807) is 18.3 Å².